The summed E-state index contributed by atoms with van der Waals surface area (Å²) in [5, 5.41) is 14.8. The molecule has 1 unspecified atom stereocenters. The Balaban J connectivity index is 2.46. The number of ether oxygens (including phenoxy) is 2. The standard InChI is InChI=1S/C14H17BrN2O3/c1-4-17-13(12(15)8-16-17)14(18)9-5-10(19-2)7-11(6-9)20-3/h5-8,14,18H,4H2,1-3H3. The summed E-state index contributed by atoms with van der Waals surface area (Å²) < 4.78 is 13.0. The minimum atomic E-state index is -0.809. The fourth-order valence-electron chi connectivity index (χ4n) is 2.04. The number of benzene rings is 1. The van der Waals surface area contributed by atoms with E-state index in [0.717, 1.165) is 4.47 Å². The van der Waals surface area contributed by atoms with Gasteiger partial charge in [-0.1, -0.05) is 0 Å². The molecule has 2 aromatic rings. The van der Waals surface area contributed by atoms with Crippen molar-refractivity contribution in [2.75, 3.05) is 14.2 Å². The lowest BCUT2D eigenvalue weighted by atomic mass is 10.1. The van der Waals surface area contributed by atoms with Crippen molar-refractivity contribution in [3.63, 3.8) is 0 Å². The number of hydrogen-bond acceptors (Lipinski definition) is 4. The van der Waals surface area contributed by atoms with Gasteiger partial charge in [0.25, 0.3) is 0 Å². The van der Waals surface area contributed by atoms with Gasteiger partial charge in [-0.3, -0.25) is 4.68 Å². The molecule has 0 bridgehead atoms. The first-order chi connectivity index (χ1) is 9.60. The van der Waals surface area contributed by atoms with Crippen molar-refractivity contribution < 1.29 is 14.6 Å². The van der Waals surface area contributed by atoms with Crippen molar-refractivity contribution in [2.45, 2.75) is 19.6 Å². The van der Waals surface area contributed by atoms with Gasteiger partial charge in [0.15, 0.2) is 0 Å². The third-order valence-corrected chi connectivity index (χ3v) is 3.69. The number of aryl methyl sites for hydroxylation is 1. The first-order valence-electron chi connectivity index (χ1n) is 6.23. The van der Waals surface area contributed by atoms with E-state index in [1.165, 1.54) is 0 Å². The van der Waals surface area contributed by atoms with Crippen LogP contribution in [0.1, 0.15) is 24.3 Å². The van der Waals surface area contributed by atoms with E-state index in [1.807, 2.05) is 6.92 Å². The van der Waals surface area contributed by atoms with Crippen molar-refractivity contribution in [1.29, 1.82) is 0 Å². The lowest BCUT2D eigenvalue weighted by Crippen LogP contribution is -2.10. The summed E-state index contributed by atoms with van der Waals surface area (Å²) in [7, 11) is 3.16. The van der Waals surface area contributed by atoms with Crippen LogP contribution in [0.15, 0.2) is 28.9 Å². The first-order valence-corrected chi connectivity index (χ1v) is 7.02. The molecule has 1 aromatic carbocycles. The average Bonchev–Trinajstić information content (AvgIpc) is 2.86. The first kappa shape index (κ1) is 14.9. The van der Waals surface area contributed by atoms with E-state index in [1.54, 1.807) is 43.3 Å². The second-order valence-electron chi connectivity index (χ2n) is 4.24. The average molecular weight is 341 g/mol. The summed E-state index contributed by atoms with van der Waals surface area (Å²) in [6.45, 7) is 2.65. The molecule has 1 aromatic heterocycles. The quantitative estimate of drug-likeness (QED) is 0.909. The molecule has 6 heteroatoms. The minimum absolute atomic E-state index is 0.636. The van der Waals surface area contributed by atoms with Gasteiger partial charge in [-0.25, -0.2) is 0 Å². The molecule has 0 aliphatic heterocycles. The van der Waals surface area contributed by atoms with Gasteiger partial charge < -0.3 is 14.6 Å². The number of aliphatic hydroxyl groups excluding tert-OH is 1. The summed E-state index contributed by atoms with van der Waals surface area (Å²) >= 11 is 3.42. The Hall–Kier alpha value is -1.53. The van der Waals surface area contributed by atoms with Crippen LogP contribution in [0.5, 0.6) is 11.5 Å². The van der Waals surface area contributed by atoms with Crippen molar-refractivity contribution >= 4 is 15.9 Å². The molecule has 5 nitrogen and oxygen atoms in total. The molecular weight excluding hydrogens is 324 g/mol. The second kappa shape index (κ2) is 6.28. The van der Waals surface area contributed by atoms with E-state index in [9.17, 15) is 5.11 Å². The largest absolute Gasteiger partial charge is 0.497 e. The SMILES string of the molecule is CCn1ncc(Br)c1C(O)c1cc(OC)cc(OC)c1. The maximum atomic E-state index is 10.6. The number of nitrogens with zero attached hydrogens (tertiary/aromatic N) is 2. The van der Waals surface area contributed by atoms with Crippen molar-refractivity contribution in [3.8, 4) is 11.5 Å². The Morgan fingerprint density at radius 3 is 2.35 bits per heavy atom. The molecule has 0 aliphatic carbocycles. The maximum absolute atomic E-state index is 10.6. The topological polar surface area (TPSA) is 56.5 Å². The molecule has 0 fully saturated rings. The van der Waals surface area contributed by atoms with Gasteiger partial charge in [-0.2, -0.15) is 5.10 Å². The highest BCUT2D eigenvalue weighted by atomic mass is 79.9. The summed E-state index contributed by atoms with van der Waals surface area (Å²) in [4.78, 5) is 0. The van der Waals surface area contributed by atoms with Crippen LogP contribution in [-0.4, -0.2) is 29.1 Å². The van der Waals surface area contributed by atoms with Crippen molar-refractivity contribution in [2.24, 2.45) is 0 Å². The van der Waals surface area contributed by atoms with Gasteiger partial charge in [0.1, 0.15) is 17.6 Å². The van der Waals surface area contributed by atoms with E-state index in [0.29, 0.717) is 29.3 Å². The fourth-order valence-corrected chi connectivity index (χ4v) is 2.55. The maximum Gasteiger partial charge on any atom is 0.122 e. The van der Waals surface area contributed by atoms with Gasteiger partial charge in [0.2, 0.25) is 0 Å². The van der Waals surface area contributed by atoms with Gasteiger partial charge in [0, 0.05) is 12.6 Å². The zero-order valence-electron chi connectivity index (χ0n) is 11.6. The van der Waals surface area contributed by atoms with Crippen molar-refractivity contribution in [3.05, 3.63) is 40.1 Å². The van der Waals surface area contributed by atoms with Crippen LogP contribution in [0.2, 0.25) is 0 Å². The van der Waals surface area contributed by atoms with Crippen molar-refractivity contribution in [1.82, 2.24) is 9.78 Å². The second-order valence-corrected chi connectivity index (χ2v) is 5.10. The molecule has 20 heavy (non-hydrogen) atoms. The van der Waals surface area contributed by atoms with Gasteiger partial charge >= 0.3 is 0 Å². The zero-order valence-corrected chi connectivity index (χ0v) is 13.2. The molecule has 1 atom stereocenters. The normalized spacial score (nSPS) is 12.2. The lowest BCUT2D eigenvalue weighted by Gasteiger charge is -2.16. The number of aromatic nitrogens is 2. The molecule has 0 saturated heterocycles. The smallest absolute Gasteiger partial charge is 0.122 e. The van der Waals surface area contributed by atoms with E-state index < -0.39 is 6.10 Å². The van der Waals surface area contributed by atoms with Gasteiger partial charge in [-0.15, -0.1) is 0 Å². The highest BCUT2D eigenvalue weighted by molar-refractivity contribution is 9.10. The number of halogens is 1. The lowest BCUT2D eigenvalue weighted by molar-refractivity contribution is 0.206. The van der Waals surface area contributed by atoms with Crippen LogP contribution in [0.4, 0.5) is 0 Å². The van der Waals surface area contributed by atoms with Gasteiger partial charge in [-0.05, 0) is 40.5 Å². The summed E-state index contributed by atoms with van der Waals surface area (Å²) in [5.41, 5.74) is 1.40. The predicted octanol–water partition coefficient (Wildman–Crippen LogP) is 2.76. The number of methoxy groups -OCH3 is 2. The monoisotopic (exact) mass is 340 g/mol. The Labute approximate surface area is 126 Å². The molecule has 108 valence electrons. The molecule has 0 amide bonds. The molecule has 1 heterocycles. The molecule has 1 N–H and O–H groups in total. The molecule has 0 spiro atoms. The summed E-state index contributed by atoms with van der Waals surface area (Å²) in [6, 6.07) is 5.33. The Morgan fingerprint density at radius 2 is 1.85 bits per heavy atom. The number of hydrogen-bond donors (Lipinski definition) is 1. The molecule has 0 aliphatic rings. The summed E-state index contributed by atoms with van der Waals surface area (Å²) in [6.07, 6.45) is 0.871. The highest BCUT2D eigenvalue weighted by Gasteiger charge is 2.20. The highest BCUT2D eigenvalue weighted by Crippen LogP contribution is 2.33. The predicted molar refractivity (Wildman–Crippen MR) is 79.2 cm³/mol. The number of rotatable bonds is 5. The van der Waals surface area contributed by atoms with Crippen LogP contribution >= 0.6 is 15.9 Å². The number of aliphatic hydroxyl groups is 1. The van der Waals surface area contributed by atoms with E-state index in [2.05, 4.69) is 21.0 Å². The molecule has 0 radical (unpaired) electrons. The zero-order chi connectivity index (χ0) is 14.7. The minimum Gasteiger partial charge on any atom is -0.497 e. The molecular formula is C14H17BrN2O3. The third kappa shape index (κ3) is 2.81. The van der Waals surface area contributed by atoms with Crippen LogP contribution < -0.4 is 9.47 Å². The van der Waals surface area contributed by atoms with E-state index in [-0.39, 0.29) is 0 Å². The summed E-state index contributed by atoms with van der Waals surface area (Å²) in [5.74, 6) is 1.27. The van der Waals surface area contributed by atoms with E-state index >= 15 is 0 Å². The molecule has 2 rings (SSSR count). The van der Waals surface area contributed by atoms with E-state index in [4.69, 9.17) is 9.47 Å². The Morgan fingerprint density at radius 1 is 1.25 bits per heavy atom. The molecule has 0 saturated carbocycles. The Bertz CT molecular complexity index is 576. The third-order valence-electron chi connectivity index (χ3n) is 3.08. The van der Waals surface area contributed by atoms with Crippen LogP contribution in [-0.2, 0) is 6.54 Å². The van der Waals surface area contributed by atoms with Gasteiger partial charge in [0.05, 0.1) is 30.6 Å². The van der Waals surface area contributed by atoms with Crippen LogP contribution in [0, 0.1) is 0 Å². The Kier molecular flexibility index (Phi) is 4.67. The van der Waals surface area contributed by atoms with Crippen LogP contribution in [0.25, 0.3) is 0 Å². The van der Waals surface area contributed by atoms with Crippen LogP contribution in [0.3, 0.4) is 0 Å². The fraction of sp³-hybridized carbons (Fsp3) is 0.357.